The van der Waals surface area contributed by atoms with Crippen LogP contribution in [0, 0.1) is 6.92 Å². The fourth-order valence-electron chi connectivity index (χ4n) is 5.05. The number of piperidine rings is 1. The van der Waals surface area contributed by atoms with E-state index in [4.69, 9.17) is 5.10 Å². The zero-order chi connectivity index (χ0) is 23.1. The van der Waals surface area contributed by atoms with Crippen LogP contribution in [0.15, 0.2) is 55.0 Å². The van der Waals surface area contributed by atoms with E-state index in [-0.39, 0.29) is 5.91 Å². The van der Waals surface area contributed by atoms with Crippen LogP contribution in [0.25, 0.3) is 11.3 Å². The minimum Gasteiger partial charge on any atom is -0.306 e. The topological polar surface area (TPSA) is 80.4 Å². The molecule has 2 aliphatic rings. The summed E-state index contributed by atoms with van der Waals surface area (Å²) in [4.78, 5) is 20.2. The summed E-state index contributed by atoms with van der Waals surface area (Å²) in [5, 5.41) is 12.3. The van der Waals surface area contributed by atoms with Gasteiger partial charge in [-0.3, -0.25) is 4.79 Å². The lowest BCUT2D eigenvalue weighted by Gasteiger charge is -2.41. The molecule has 1 aliphatic heterocycles. The summed E-state index contributed by atoms with van der Waals surface area (Å²) in [7, 11) is 0. The highest BCUT2D eigenvalue weighted by atomic mass is 16.1. The van der Waals surface area contributed by atoms with Crippen molar-refractivity contribution in [1.29, 1.82) is 0 Å². The Morgan fingerprint density at radius 1 is 1.09 bits per heavy atom. The lowest BCUT2D eigenvalue weighted by Crippen LogP contribution is -2.44. The van der Waals surface area contributed by atoms with E-state index in [9.17, 15) is 4.79 Å². The fourth-order valence-corrected chi connectivity index (χ4v) is 5.05. The first-order valence-electron chi connectivity index (χ1n) is 12.2. The summed E-state index contributed by atoms with van der Waals surface area (Å²) >= 11 is 0. The fraction of sp³-hybridized carbons (Fsp3) is 0.385. The number of hydrogen-bond acceptors (Lipinski definition) is 5. The van der Waals surface area contributed by atoms with Gasteiger partial charge in [-0.25, -0.2) is 14.2 Å². The van der Waals surface area contributed by atoms with Gasteiger partial charge in [0.2, 0.25) is 0 Å². The van der Waals surface area contributed by atoms with Gasteiger partial charge in [0, 0.05) is 30.4 Å². The predicted molar refractivity (Wildman–Crippen MR) is 130 cm³/mol. The molecule has 8 nitrogen and oxygen atoms in total. The Bertz CT molecular complexity index is 1310. The molecule has 1 aliphatic carbocycles. The quantitative estimate of drug-likeness (QED) is 0.488. The molecule has 2 fully saturated rings. The highest BCUT2D eigenvalue weighted by Gasteiger charge is 2.30. The van der Waals surface area contributed by atoms with Gasteiger partial charge in [0.1, 0.15) is 11.4 Å². The van der Waals surface area contributed by atoms with Crippen LogP contribution in [0.4, 0.5) is 5.82 Å². The Labute approximate surface area is 198 Å². The summed E-state index contributed by atoms with van der Waals surface area (Å²) in [6, 6.07) is 12.8. The van der Waals surface area contributed by atoms with E-state index >= 15 is 0 Å². The summed E-state index contributed by atoms with van der Waals surface area (Å²) in [5.74, 6) is 0.825. The monoisotopic (exact) mass is 455 g/mol. The van der Waals surface area contributed by atoms with Crippen LogP contribution in [-0.2, 0) is 0 Å². The molecule has 1 amide bonds. The number of aryl methyl sites for hydroxylation is 1. The second-order valence-corrected chi connectivity index (χ2v) is 9.50. The van der Waals surface area contributed by atoms with Crippen molar-refractivity contribution in [3.05, 3.63) is 71.8 Å². The van der Waals surface area contributed by atoms with E-state index in [1.807, 2.05) is 22.9 Å². The maximum atomic E-state index is 13.2. The van der Waals surface area contributed by atoms with Gasteiger partial charge in [0.25, 0.3) is 5.91 Å². The molecule has 1 saturated carbocycles. The van der Waals surface area contributed by atoms with Gasteiger partial charge < -0.3 is 10.2 Å². The van der Waals surface area contributed by atoms with Crippen LogP contribution in [0.1, 0.15) is 59.6 Å². The van der Waals surface area contributed by atoms with Gasteiger partial charge in [-0.2, -0.15) is 10.2 Å². The van der Waals surface area contributed by atoms with Crippen molar-refractivity contribution in [3.8, 4) is 5.69 Å². The number of carbonyl (C=O) groups is 1. The second kappa shape index (κ2) is 8.68. The van der Waals surface area contributed by atoms with Crippen molar-refractivity contribution in [2.75, 3.05) is 18.4 Å². The molecule has 0 atom stereocenters. The van der Waals surface area contributed by atoms with E-state index in [2.05, 4.69) is 39.4 Å². The highest BCUT2D eigenvalue weighted by molar-refractivity contribution is 6.07. The van der Waals surface area contributed by atoms with Gasteiger partial charge >= 0.3 is 0 Å². The number of anilines is 1. The molecule has 0 bridgehead atoms. The molecule has 8 heteroatoms. The van der Waals surface area contributed by atoms with Crippen LogP contribution in [0.5, 0.6) is 0 Å². The Hall–Kier alpha value is -3.52. The number of likely N-dealkylation sites (tertiary alicyclic amines) is 1. The zero-order valence-electron chi connectivity index (χ0n) is 19.4. The van der Waals surface area contributed by atoms with Gasteiger partial charge in [-0.1, -0.05) is 24.1 Å². The van der Waals surface area contributed by atoms with E-state index in [1.54, 1.807) is 29.2 Å². The van der Waals surface area contributed by atoms with E-state index in [0.717, 1.165) is 43.4 Å². The molecule has 6 rings (SSSR count). The first-order valence-corrected chi connectivity index (χ1v) is 12.2. The van der Waals surface area contributed by atoms with Crippen molar-refractivity contribution in [3.63, 3.8) is 0 Å². The third-order valence-electron chi connectivity index (χ3n) is 7.31. The maximum Gasteiger partial charge on any atom is 0.262 e. The third-order valence-corrected chi connectivity index (χ3v) is 7.31. The number of nitrogens with zero attached hydrogens (tertiary/aromatic N) is 6. The molecule has 1 saturated heterocycles. The number of hydrogen-bond donors (Lipinski definition) is 1. The van der Waals surface area contributed by atoms with Crippen LogP contribution >= 0.6 is 0 Å². The number of benzene rings is 1. The third kappa shape index (κ3) is 3.88. The molecule has 0 spiro atoms. The number of amides is 1. The minimum absolute atomic E-state index is 0.242. The first-order chi connectivity index (χ1) is 16.7. The summed E-state index contributed by atoms with van der Waals surface area (Å²) in [5.41, 5.74) is 4.12. The first kappa shape index (κ1) is 21.0. The molecule has 3 aromatic heterocycles. The Morgan fingerprint density at radius 2 is 1.88 bits per heavy atom. The summed E-state index contributed by atoms with van der Waals surface area (Å²) in [6.45, 7) is 4.32. The van der Waals surface area contributed by atoms with E-state index in [0.29, 0.717) is 22.9 Å². The molecule has 0 unspecified atom stereocenters. The molecular formula is C26H29N7O. The Kier molecular flexibility index (Phi) is 5.37. The second-order valence-electron chi connectivity index (χ2n) is 9.50. The van der Waals surface area contributed by atoms with Gasteiger partial charge in [-0.15, -0.1) is 0 Å². The molecule has 0 radical (unpaired) electrons. The van der Waals surface area contributed by atoms with Crippen LogP contribution in [-0.4, -0.2) is 54.3 Å². The Balaban J connectivity index is 1.29. The number of nitrogens with one attached hydrogen (secondary N) is 1. The number of carbonyl (C=O) groups excluding carboxylic acids is 1. The van der Waals surface area contributed by atoms with Crippen LogP contribution in [0.2, 0.25) is 0 Å². The van der Waals surface area contributed by atoms with Gasteiger partial charge in [-0.05, 0) is 63.9 Å². The molecular weight excluding hydrogens is 426 g/mol. The molecule has 174 valence electrons. The lowest BCUT2D eigenvalue weighted by atomic mass is 9.87. The maximum absolute atomic E-state index is 13.2. The average Bonchev–Trinajstić information content (AvgIpc) is 3.44. The molecule has 1 aromatic carbocycles. The van der Waals surface area contributed by atoms with Crippen LogP contribution < -0.4 is 5.32 Å². The van der Waals surface area contributed by atoms with Gasteiger partial charge in [0.15, 0.2) is 5.65 Å². The minimum atomic E-state index is -0.242. The van der Waals surface area contributed by atoms with Crippen LogP contribution in [0.3, 0.4) is 0 Å². The predicted octanol–water partition coefficient (Wildman–Crippen LogP) is 4.21. The molecule has 4 heterocycles. The largest absolute Gasteiger partial charge is 0.306 e. The zero-order valence-corrected chi connectivity index (χ0v) is 19.4. The molecule has 4 aromatic rings. The summed E-state index contributed by atoms with van der Waals surface area (Å²) in [6.07, 6.45) is 11.3. The number of fused-ring (bicyclic) bond motifs is 1. The molecule has 34 heavy (non-hydrogen) atoms. The van der Waals surface area contributed by atoms with Crippen molar-refractivity contribution in [2.24, 2.45) is 0 Å². The van der Waals surface area contributed by atoms with Crippen molar-refractivity contribution >= 4 is 17.4 Å². The number of rotatable bonds is 5. The standard InChI is InChI=1S/C26H29N7O/c1-18-6-8-21(9-7-18)33-24(29-26(34)22-17-28-32-13-3-12-27-25(22)32)16-23(30-33)19-10-14-31(15-11-19)20-4-2-5-20/h3,6-9,12-13,16-17,19-20H,2,4-5,10-11,14-15H2,1H3,(H,29,34). The van der Waals surface area contributed by atoms with E-state index in [1.165, 1.54) is 24.8 Å². The van der Waals surface area contributed by atoms with Crippen molar-refractivity contribution in [2.45, 2.75) is 51.0 Å². The highest BCUT2D eigenvalue weighted by Crippen LogP contribution is 2.34. The van der Waals surface area contributed by atoms with Gasteiger partial charge in [0.05, 0.1) is 17.6 Å². The SMILES string of the molecule is Cc1ccc(-n2nc(C3CCN(C4CCC4)CC3)cc2NC(=O)c2cnn3cccnc23)cc1. The Morgan fingerprint density at radius 3 is 2.62 bits per heavy atom. The lowest BCUT2D eigenvalue weighted by molar-refractivity contribution is 0.0969. The van der Waals surface area contributed by atoms with Crippen molar-refractivity contribution < 1.29 is 4.79 Å². The van der Waals surface area contributed by atoms with Crippen molar-refractivity contribution in [1.82, 2.24) is 29.3 Å². The smallest absolute Gasteiger partial charge is 0.262 e. The summed E-state index contributed by atoms with van der Waals surface area (Å²) < 4.78 is 3.46. The average molecular weight is 456 g/mol. The molecule has 1 N–H and O–H groups in total. The van der Waals surface area contributed by atoms with E-state index < -0.39 is 0 Å². The normalized spacial score (nSPS) is 17.7. The number of aromatic nitrogens is 5.